The van der Waals surface area contributed by atoms with E-state index in [0.29, 0.717) is 11.1 Å². The maximum absolute atomic E-state index is 10.2. The predicted molar refractivity (Wildman–Crippen MR) is 76.9 cm³/mol. The number of fused-ring (bicyclic) bond motifs is 1. The van der Waals surface area contributed by atoms with Gasteiger partial charge in [-0.3, -0.25) is 0 Å². The van der Waals surface area contributed by atoms with E-state index in [4.69, 9.17) is 4.42 Å². The van der Waals surface area contributed by atoms with Crippen LogP contribution in [0, 0.1) is 0 Å². The van der Waals surface area contributed by atoms with Gasteiger partial charge in [-0.1, -0.05) is 18.2 Å². The summed E-state index contributed by atoms with van der Waals surface area (Å²) in [5, 5.41) is 13.6. The molecule has 0 saturated heterocycles. The minimum atomic E-state index is -0.545. The Labute approximate surface area is 117 Å². The Bertz CT molecular complexity index is 671. The summed E-state index contributed by atoms with van der Waals surface area (Å²) in [6, 6.07) is 10.1. The summed E-state index contributed by atoms with van der Waals surface area (Å²) in [6.07, 6.45) is 1.63. The number of hydrogen-bond acceptors (Lipinski definition) is 3. The number of hydrogen-bond donors (Lipinski definition) is 1. The number of benzene rings is 1. The number of furan rings is 1. The lowest BCUT2D eigenvalue weighted by Crippen LogP contribution is -2.00. The Kier molecular flexibility index (Phi) is 3.24. The van der Waals surface area contributed by atoms with Crippen molar-refractivity contribution < 1.29 is 9.52 Å². The maximum Gasteiger partial charge on any atom is 0.174 e. The first-order valence-electron chi connectivity index (χ1n) is 5.62. The molecular formula is C14H11BrO2S. The molecule has 0 radical (unpaired) electrons. The van der Waals surface area contributed by atoms with Crippen LogP contribution < -0.4 is 0 Å². The summed E-state index contributed by atoms with van der Waals surface area (Å²) in [6.45, 7) is 0. The summed E-state index contributed by atoms with van der Waals surface area (Å²) >= 11 is 5.01. The van der Waals surface area contributed by atoms with Crippen LogP contribution in [0.3, 0.4) is 0 Å². The van der Waals surface area contributed by atoms with E-state index >= 15 is 0 Å². The van der Waals surface area contributed by atoms with Crippen molar-refractivity contribution in [3.8, 4) is 0 Å². The number of halogens is 1. The van der Waals surface area contributed by atoms with Gasteiger partial charge in [0.15, 0.2) is 4.67 Å². The molecule has 0 spiro atoms. The predicted octanol–water partition coefficient (Wildman–Crippen LogP) is 4.53. The van der Waals surface area contributed by atoms with Gasteiger partial charge in [0.2, 0.25) is 0 Å². The highest BCUT2D eigenvalue weighted by Gasteiger charge is 2.16. The maximum atomic E-state index is 10.2. The van der Waals surface area contributed by atoms with E-state index in [2.05, 4.69) is 33.4 Å². The van der Waals surface area contributed by atoms with E-state index in [0.717, 1.165) is 5.56 Å². The van der Waals surface area contributed by atoms with Crippen LogP contribution in [0.5, 0.6) is 0 Å². The molecule has 2 heterocycles. The molecule has 0 saturated carbocycles. The van der Waals surface area contributed by atoms with Crippen LogP contribution in [0.4, 0.5) is 0 Å². The average molecular weight is 323 g/mol. The van der Waals surface area contributed by atoms with Crippen molar-refractivity contribution in [1.82, 2.24) is 0 Å². The molecule has 92 valence electrons. The van der Waals surface area contributed by atoms with Crippen LogP contribution in [0.1, 0.15) is 17.2 Å². The Balaban J connectivity index is 1.91. The molecule has 3 rings (SSSR count). The fourth-order valence-electron chi connectivity index (χ4n) is 2.05. The molecule has 0 amide bonds. The van der Waals surface area contributed by atoms with Crippen LogP contribution in [0.25, 0.3) is 10.1 Å². The van der Waals surface area contributed by atoms with E-state index in [1.54, 1.807) is 23.7 Å². The molecule has 0 bridgehead atoms. The highest BCUT2D eigenvalue weighted by molar-refractivity contribution is 9.10. The summed E-state index contributed by atoms with van der Waals surface area (Å²) in [5.41, 5.74) is 1.97. The molecule has 4 heteroatoms. The first-order chi connectivity index (χ1) is 8.75. The second-order valence-electron chi connectivity index (χ2n) is 4.13. The van der Waals surface area contributed by atoms with Gasteiger partial charge < -0.3 is 9.52 Å². The SMILES string of the molecule is OC(Cc1csc2ccccc12)c1ccoc1Br. The zero-order valence-electron chi connectivity index (χ0n) is 9.47. The van der Waals surface area contributed by atoms with Gasteiger partial charge in [0.05, 0.1) is 12.4 Å². The standard InChI is InChI=1S/C14H11BrO2S/c15-14-11(5-6-17-14)12(16)7-9-8-18-13-4-2-1-3-10(9)13/h1-6,8,12,16H,7H2. The molecule has 0 aliphatic heterocycles. The molecule has 0 aliphatic rings. The summed E-state index contributed by atoms with van der Waals surface area (Å²) in [7, 11) is 0. The number of aliphatic hydroxyl groups excluding tert-OH is 1. The third kappa shape index (κ3) is 2.11. The van der Waals surface area contributed by atoms with Crippen molar-refractivity contribution in [3.05, 3.63) is 57.8 Å². The monoisotopic (exact) mass is 322 g/mol. The van der Waals surface area contributed by atoms with Gasteiger partial charge in [-0.25, -0.2) is 0 Å². The minimum Gasteiger partial charge on any atom is -0.457 e. The first-order valence-corrected chi connectivity index (χ1v) is 7.29. The van der Waals surface area contributed by atoms with Gasteiger partial charge in [-0.2, -0.15) is 0 Å². The first kappa shape index (κ1) is 12.0. The normalized spacial score (nSPS) is 13.0. The van der Waals surface area contributed by atoms with Crippen molar-refractivity contribution in [2.24, 2.45) is 0 Å². The molecule has 1 atom stereocenters. The number of aliphatic hydroxyl groups is 1. The minimum absolute atomic E-state index is 0.545. The van der Waals surface area contributed by atoms with Crippen LogP contribution in [-0.2, 0) is 6.42 Å². The molecule has 0 aliphatic carbocycles. The van der Waals surface area contributed by atoms with Gasteiger partial charge >= 0.3 is 0 Å². The Morgan fingerprint density at radius 2 is 2.11 bits per heavy atom. The Morgan fingerprint density at radius 1 is 1.28 bits per heavy atom. The number of thiophene rings is 1. The van der Waals surface area contributed by atoms with Gasteiger partial charge in [-0.05, 0) is 44.4 Å². The fraction of sp³-hybridized carbons (Fsp3) is 0.143. The third-order valence-electron chi connectivity index (χ3n) is 2.98. The molecule has 1 unspecified atom stereocenters. The topological polar surface area (TPSA) is 33.4 Å². The molecule has 3 aromatic rings. The quantitative estimate of drug-likeness (QED) is 0.768. The molecule has 0 fully saturated rings. The van der Waals surface area contributed by atoms with E-state index in [-0.39, 0.29) is 0 Å². The van der Waals surface area contributed by atoms with Crippen molar-refractivity contribution in [2.45, 2.75) is 12.5 Å². The van der Waals surface area contributed by atoms with Crippen molar-refractivity contribution >= 4 is 37.4 Å². The lowest BCUT2D eigenvalue weighted by molar-refractivity contribution is 0.177. The molecule has 1 N–H and O–H groups in total. The molecule has 2 aromatic heterocycles. The van der Waals surface area contributed by atoms with Gasteiger partial charge in [0.1, 0.15) is 0 Å². The van der Waals surface area contributed by atoms with Gasteiger partial charge in [0.25, 0.3) is 0 Å². The molecule has 1 aromatic carbocycles. The van der Waals surface area contributed by atoms with Crippen LogP contribution in [0.15, 0.2) is 51.1 Å². The van der Waals surface area contributed by atoms with Gasteiger partial charge in [0, 0.05) is 16.7 Å². The zero-order chi connectivity index (χ0) is 12.5. The molecular weight excluding hydrogens is 312 g/mol. The van der Waals surface area contributed by atoms with Gasteiger partial charge in [-0.15, -0.1) is 11.3 Å². The largest absolute Gasteiger partial charge is 0.457 e. The number of rotatable bonds is 3. The van der Waals surface area contributed by atoms with E-state index < -0.39 is 6.10 Å². The van der Waals surface area contributed by atoms with Crippen LogP contribution in [-0.4, -0.2) is 5.11 Å². The van der Waals surface area contributed by atoms with E-state index in [9.17, 15) is 5.11 Å². The Morgan fingerprint density at radius 3 is 2.89 bits per heavy atom. The zero-order valence-corrected chi connectivity index (χ0v) is 11.9. The lowest BCUT2D eigenvalue weighted by Gasteiger charge is -2.08. The summed E-state index contributed by atoms with van der Waals surface area (Å²) in [5.74, 6) is 0. The van der Waals surface area contributed by atoms with Crippen molar-refractivity contribution in [1.29, 1.82) is 0 Å². The van der Waals surface area contributed by atoms with Crippen molar-refractivity contribution in [2.75, 3.05) is 0 Å². The molecule has 18 heavy (non-hydrogen) atoms. The van der Waals surface area contributed by atoms with E-state index in [1.807, 2.05) is 12.1 Å². The third-order valence-corrected chi connectivity index (χ3v) is 4.64. The fourth-order valence-corrected chi connectivity index (χ4v) is 3.53. The van der Waals surface area contributed by atoms with Crippen LogP contribution >= 0.6 is 27.3 Å². The summed E-state index contributed by atoms with van der Waals surface area (Å²) in [4.78, 5) is 0. The highest BCUT2D eigenvalue weighted by Crippen LogP contribution is 2.32. The van der Waals surface area contributed by atoms with E-state index in [1.165, 1.54) is 15.6 Å². The summed E-state index contributed by atoms with van der Waals surface area (Å²) < 4.78 is 7.01. The second-order valence-corrected chi connectivity index (χ2v) is 5.76. The highest BCUT2D eigenvalue weighted by atomic mass is 79.9. The second kappa shape index (κ2) is 4.88. The van der Waals surface area contributed by atoms with Crippen molar-refractivity contribution in [3.63, 3.8) is 0 Å². The smallest absolute Gasteiger partial charge is 0.174 e. The lowest BCUT2D eigenvalue weighted by atomic mass is 10.0. The Hall–Kier alpha value is -1.10. The molecule has 2 nitrogen and oxygen atoms in total. The average Bonchev–Trinajstić information content (AvgIpc) is 2.97. The van der Waals surface area contributed by atoms with Crippen LogP contribution in [0.2, 0.25) is 0 Å².